The molecule has 4 rings (SSSR count). The highest BCUT2D eigenvalue weighted by Crippen LogP contribution is 2.67. The number of carbonyl (C=O) groups is 1. The van der Waals surface area contributed by atoms with Crippen LogP contribution in [0.15, 0.2) is 0 Å². The van der Waals surface area contributed by atoms with Crippen molar-refractivity contribution in [3.63, 3.8) is 0 Å². The van der Waals surface area contributed by atoms with E-state index >= 15 is 0 Å². The molecule has 0 aromatic rings. The van der Waals surface area contributed by atoms with E-state index in [2.05, 4.69) is 13.8 Å². The Morgan fingerprint density at radius 1 is 0.875 bits per heavy atom. The molecule has 0 aromatic heterocycles. The first-order valence-corrected chi connectivity index (χ1v) is 10.1. The molecule has 3 heteroatoms. The number of rotatable bonds is 1. The zero-order chi connectivity index (χ0) is 17.3. The Labute approximate surface area is 146 Å². The minimum Gasteiger partial charge on any atom is -0.393 e. The first-order valence-electron chi connectivity index (χ1n) is 10.1. The van der Waals surface area contributed by atoms with Gasteiger partial charge in [-0.1, -0.05) is 13.8 Å². The van der Waals surface area contributed by atoms with Gasteiger partial charge in [-0.3, -0.25) is 4.79 Å². The fourth-order valence-corrected chi connectivity index (χ4v) is 7.95. The molecular weight excluding hydrogens is 300 g/mol. The van der Waals surface area contributed by atoms with Gasteiger partial charge in [-0.15, -0.1) is 0 Å². The summed E-state index contributed by atoms with van der Waals surface area (Å²) in [6, 6.07) is 0. The summed E-state index contributed by atoms with van der Waals surface area (Å²) in [6.07, 6.45) is 7.70. The largest absolute Gasteiger partial charge is 0.393 e. The second-order valence-corrected chi connectivity index (χ2v) is 10.0. The molecule has 136 valence electrons. The van der Waals surface area contributed by atoms with E-state index in [1.807, 2.05) is 0 Å². The van der Waals surface area contributed by atoms with E-state index < -0.39 is 0 Å². The molecule has 4 saturated carbocycles. The highest BCUT2D eigenvalue weighted by atomic mass is 16.3. The van der Waals surface area contributed by atoms with Gasteiger partial charge in [0.2, 0.25) is 0 Å². The predicted molar refractivity (Wildman–Crippen MR) is 93.3 cm³/mol. The van der Waals surface area contributed by atoms with Gasteiger partial charge in [0, 0.05) is 5.92 Å². The Morgan fingerprint density at radius 3 is 2.25 bits per heavy atom. The van der Waals surface area contributed by atoms with Crippen LogP contribution in [0.3, 0.4) is 0 Å². The Kier molecular flexibility index (Phi) is 3.93. The zero-order valence-corrected chi connectivity index (χ0v) is 15.5. The summed E-state index contributed by atoms with van der Waals surface area (Å²) >= 11 is 0. The van der Waals surface area contributed by atoms with E-state index in [4.69, 9.17) is 0 Å². The van der Waals surface area contributed by atoms with E-state index in [9.17, 15) is 15.0 Å². The van der Waals surface area contributed by atoms with Crippen LogP contribution < -0.4 is 0 Å². The molecule has 0 spiro atoms. The standard InChI is InChI=1S/C21H34O3/c1-12(22)15-4-5-16-14-11-19(24)18-10-13(23)6-8-21(18,3)17(14)7-9-20(15,16)2/h13-19,23-24H,4-11H2,1-3H3/t13-,14+,15+,16-,17-,18+,19+,20+,21-/m1/s1. The van der Waals surface area contributed by atoms with Crippen molar-refractivity contribution in [2.24, 2.45) is 40.4 Å². The van der Waals surface area contributed by atoms with Crippen molar-refractivity contribution in [1.29, 1.82) is 0 Å². The van der Waals surface area contributed by atoms with Crippen LogP contribution >= 0.6 is 0 Å². The third kappa shape index (κ3) is 2.19. The lowest BCUT2D eigenvalue weighted by Gasteiger charge is -2.62. The molecule has 4 fully saturated rings. The fourth-order valence-electron chi connectivity index (χ4n) is 7.95. The van der Waals surface area contributed by atoms with Gasteiger partial charge in [0.15, 0.2) is 0 Å². The summed E-state index contributed by atoms with van der Waals surface area (Å²) in [7, 11) is 0. The maximum Gasteiger partial charge on any atom is 0.133 e. The lowest BCUT2D eigenvalue weighted by Crippen LogP contribution is -2.58. The molecule has 0 radical (unpaired) electrons. The minimum atomic E-state index is -0.273. The van der Waals surface area contributed by atoms with E-state index in [-0.39, 0.29) is 34.9 Å². The van der Waals surface area contributed by atoms with Crippen LogP contribution in [0.5, 0.6) is 0 Å². The summed E-state index contributed by atoms with van der Waals surface area (Å²) in [5.74, 6) is 2.71. The molecule has 0 bridgehead atoms. The van der Waals surface area contributed by atoms with Crippen LogP contribution in [0.25, 0.3) is 0 Å². The molecule has 0 unspecified atom stereocenters. The number of aliphatic hydroxyl groups excluding tert-OH is 2. The highest BCUT2D eigenvalue weighted by molar-refractivity contribution is 5.79. The average molecular weight is 335 g/mol. The SMILES string of the molecule is CC(=O)[C@@H]1CC[C@@H]2[C@@H]3C[C@H](O)[C@@H]4C[C@H](O)CC[C@]4(C)[C@@H]3CC[C@]21C. The number of hydrogen-bond donors (Lipinski definition) is 2. The molecule has 9 atom stereocenters. The first kappa shape index (κ1) is 17.0. The van der Waals surface area contributed by atoms with Crippen LogP contribution in [-0.2, 0) is 4.79 Å². The molecule has 2 N–H and O–H groups in total. The Balaban J connectivity index is 1.65. The smallest absolute Gasteiger partial charge is 0.133 e. The third-order valence-corrected chi connectivity index (χ3v) is 9.14. The van der Waals surface area contributed by atoms with E-state index in [0.29, 0.717) is 23.5 Å². The van der Waals surface area contributed by atoms with Crippen LogP contribution in [0.1, 0.15) is 72.1 Å². The van der Waals surface area contributed by atoms with Gasteiger partial charge >= 0.3 is 0 Å². The van der Waals surface area contributed by atoms with E-state index in [0.717, 1.165) is 38.5 Å². The van der Waals surface area contributed by atoms with Crippen molar-refractivity contribution in [2.75, 3.05) is 0 Å². The molecule has 0 heterocycles. The number of carbonyl (C=O) groups excluding carboxylic acids is 1. The number of fused-ring (bicyclic) bond motifs is 5. The predicted octanol–water partition coefficient (Wildman–Crippen LogP) is 3.57. The normalized spacial score (nSPS) is 57.0. The van der Waals surface area contributed by atoms with Gasteiger partial charge in [0.05, 0.1) is 12.2 Å². The van der Waals surface area contributed by atoms with Crippen LogP contribution in [0.2, 0.25) is 0 Å². The maximum atomic E-state index is 12.2. The Morgan fingerprint density at radius 2 is 1.54 bits per heavy atom. The number of ketones is 1. The third-order valence-electron chi connectivity index (χ3n) is 9.14. The second kappa shape index (κ2) is 5.54. The molecule has 0 saturated heterocycles. The Bertz CT molecular complexity index is 531. The summed E-state index contributed by atoms with van der Waals surface area (Å²) in [5.41, 5.74) is 0.335. The van der Waals surface area contributed by atoms with Gasteiger partial charge in [-0.2, -0.15) is 0 Å². The van der Waals surface area contributed by atoms with Crippen LogP contribution in [-0.4, -0.2) is 28.2 Å². The quantitative estimate of drug-likeness (QED) is 0.771. The van der Waals surface area contributed by atoms with Gasteiger partial charge in [0.1, 0.15) is 5.78 Å². The van der Waals surface area contributed by atoms with Crippen molar-refractivity contribution >= 4 is 5.78 Å². The lowest BCUT2D eigenvalue weighted by molar-refractivity contribution is -0.171. The summed E-state index contributed by atoms with van der Waals surface area (Å²) in [6.45, 7) is 6.53. The van der Waals surface area contributed by atoms with Gasteiger partial charge in [-0.25, -0.2) is 0 Å². The van der Waals surface area contributed by atoms with Crippen molar-refractivity contribution < 1.29 is 15.0 Å². The van der Waals surface area contributed by atoms with Gasteiger partial charge in [-0.05, 0) is 92.8 Å². The topological polar surface area (TPSA) is 57.5 Å². The molecule has 3 nitrogen and oxygen atoms in total. The van der Waals surface area contributed by atoms with E-state index in [1.165, 1.54) is 12.8 Å². The van der Waals surface area contributed by atoms with Crippen molar-refractivity contribution in [3.05, 3.63) is 0 Å². The maximum absolute atomic E-state index is 12.2. The lowest BCUT2D eigenvalue weighted by atomic mass is 9.44. The van der Waals surface area contributed by atoms with Gasteiger partial charge < -0.3 is 10.2 Å². The number of aliphatic hydroxyl groups is 2. The number of Topliss-reactive ketones (excluding diaryl/α,β-unsaturated/α-hetero) is 1. The molecule has 4 aliphatic carbocycles. The van der Waals surface area contributed by atoms with E-state index in [1.54, 1.807) is 6.92 Å². The second-order valence-electron chi connectivity index (χ2n) is 10.0. The van der Waals surface area contributed by atoms with Crippen molar-refractivity contribution in [3.8, 4) is 0 Å². The molecular formula is C21H34O3. The number of hydrogen-bond acceptors (Lipinski definition) is 3. The van der Waals surface area contributed by atoms with Crippen molar-refractivity contribution in [1.82, 2.24) is 0 Å². The van der Waals surface area contributed by atoms with Crippen LogP contribution in [0, 0.1) is 40.4 Å². The molecule has 24 heavy (non-hydrogen) atoms. The van der Waals surface area contributed by atoms with Gasteiger partial charge in [0.25, 0.3) is 0 Å². The minimum absolute atomic E-state index is 0.157. The molecule has 4 aliphatic rings. The molecule has 0 amide bonds. The monoisotopic (exact) mass is 334 g/mol. The van der Waals surface area contributed by atoms with Crippen molar-refractivity contribution in [2.45, 2.75) is 84.3 Å². The first-order chi connectivity index (χ1) is 11.3. The summed E-state index contributed by atoms with van der Waals surface area (Å²) in [4.78, 5) is 12.2. The average Bonchev–Trinajstić information content (AvgIpc) is 2.87. The summed E-state index contributed by atoms with van der Waals surface area (Å²) in [5, 5.41) is 21.0. The Hall–Kier alpha value is -0.410. The molecule has 0 aromatic carbocycles. The fraction of sp³-hybridized carbons (Fsp3) is 0.952. The zero-order valence-electron chi connectivity index (χ0n) is 15.5. The van der Waals surface area contributed by atoms with Crippen LogP contribution in [0.4, 0.5) is 0 Å². The highest BCUT2D eigenvalue weighted by Gasteiger charge is 2.62. The molecule has 0 aliphatic heterocycles. The summed E-state index contributed by atoms with van der Waals surface area (Å²) < 4.78 is 0.